The second-order valence-electron chi connectivity index (χ2n) is 5.68. The lowest BCUT2D eigenvalue weighted by Crippen LogP contribution is -2.47. The Morgan fingerprint density at radius 1 is 1.32 bits per heavy atom. The van der Waals surface area contributed by atoms with Crippen molar-refractivity contribution in [1.29, 1.82) is 0 Å². The molecule has 7 heteroatoms. The van der Waals surface area contributed by atoms with E-state index >= 15 is 0 Å². The van der Waals surface area contributed by atoms with E-state index in [0.717, 1.165) is 30.8 Å². The first-order valence-corrected chi connectivity index (χ1v) is 7.42. The minimum Gasteiger partial charge on any atom is -0.372 e. The zero-order valence-corrected chi connectivity index (χ0v) is 12.1. The van der Waals surface area contributed by atoms with E-state index in [2.05, 4.69) is 20.5 Å². The number of carbonyl (C=O) groups excluding carboxylic acids is 3. The van der Waals surface area contributed by atoms with Gasteiger partial charge < -0.3 is 15.0 Å². The maximum absolute atomic E-state index is 11.7. The summed E-state index contributed by atoms with van der Waals surface area (Å²) in [6.45, 7) is 1.53. The highest BCUT2D eigenvalue weighted by Crippen LogP contribution is 2.22. The molecular formula is C15H18N4O3. The van der Waals surface area contributed by atoms with Crippen molar-refractivity contribution in [2.75, 3.05) is 23.3 Å². The summed E-state index contributed by atoms with van der Waals surface area (Å²) in [7, 11) is 0. The number of anilines is 2. The Balaban J connectivity index is 1.61. The molecule has 3 heterocycles. The zero-order chi connectivity index (χ0) is 15.5. The van der Waals surface area contributed by atoms with Crippen LogP contribution in [0.5, 0.6) is 0 Å². The first-order valence-electron chi connectivity index (χ1n) is 7.42. The quantitative estimate of drug-likeness (QED) is 0.615. The molecule has 2 amide bonds. The molecule has 2 N–H and O–H groups in total. The molecule has 0 bridgehead atoms. The van der Waals surface area contributed by atoms with Gasteiger partial charge in [0.1, 0.15) is 18.1 Å². The van der Waals surface area contributed by atoms with E-state index in [1.807, 2.05) is 12.1 Å². The highest BCUT2D eigenvalue weighted by molar-refractivity contribution is 6.01. The van der Waals surface area contributed by atoms with Crippen LogP contribution in [0.3, 0.4) is 0 Å². The van der Waals surface area contributed by atoms with Gasteiger partial charge in [0.2, 0.25) is 11.8 Å². The van der Waals surface area contributed by atoms with Gasteiger partial charge in [0.15, 0.2) is 0 Å². The van der Waals surface area contributed by atoms with E-state index < -0.39 is 6.04 Å². The Bertz CT molecular complexity index is 587. The third-order valence-electron chi connectivity index (χ3n) is 4.07. The van der Waals surface area contributed by atoms with Gasteiger partial charge in [-0.2, -0.15) is 0 Å². The van der Waals surface area contributed by atoms with Crippen molar-refractivity contribution < 1.29 is 14.4 Å². The highest BCUT2D eigenvalue weighted by Gasteiger charge is 2.26. The molecule has 2 aliphatic heterocycles. The minimum absolute atomic E-state index is 0.0862. The molecule has 116 valence electrons. The van der Waals surface area contributed by atoms with Gasteiger partial charge in [-0.25, -0.2) is 4.98 Å². The lowest BCUT2D eigenvalue weighted by atomic mass is 10.1. The molecule has 1 aromatic rings. The molecule has 0 aliphatic carbocycles. The Hall–Kier alpha value is -2.44. The molecule has 0 spiro atoms. The Morgan fingerprint density at radius 3 is 2.82 bits per heavy atom. The van der Waals surface area contributed by atoms with Crippen LogP contribution in [0.15, 0.2) is 18.3 Å². The van der Waals surface area contributed by atoms with Gasteiger partial charge in [0.25, 0.3) is 0 Å². The summed E-state index contributed by atoms with van der Waals surface area (Å²) in [6.07, 6.45) is 4.36. The SMILES string of the molecule is O=CC1CCN(c2ccc(NC3CCC(=O)NC3=O)cn2)C1. The van der Waals surface area contributed by atoms with Crippen LogP contribution in [-0.2, 0) is 14.4 Å². The third-order valence-corrected chi connectivity index (χ3v) is 4.07. The maximum atomic E-state index is 11.7. The summed E-state index contributed by atoms with van der Waals surface area (Å²) in [6, 6.07) is 3.33. The first kappa shape index (κ1) is 14.5. The molecule has 22 heavy (non-hydrogen) atoms. The number of aromatic nitrogens is 1. The van der Waals surface area contributed by atoms with E-state index in [9.17, 15) is 14.4 Å². The van der Waals surface area contributed by atoms with Crippen molar-refractivity contribution in [3.63, 3.8) is 0 Å². The number of carbonyl (C=O) groups is 3. The molecule has 1 aromatic heterocycles. The van der Waals surface area contributed by atoms with Gasteiger partial charge in [-0.3, -0.25) is 14.9 Å². The number of pyridine rings is 1. The van der Waals surface area contributed by atoms with E-state index in [0.29, 0.717) is 19.4 Å². The topological polar surface area (TPSA) is 91.4 Å². The predicted molar refractivity (Wildman–Crippen MR) is 80.4 cm³/mol. The van der Waals surface area contributed by atoms with Crippen LogP contribution in [0.1, 0.15) is 19.3 Å². The Kier molecular flexibility index (Phi) is 4.04. The summed E-state index contributed by atoms with van der Waals surface area (Å²) < 4.78 is 0. The van der Waals surface area contributed by atoms with Crippen molar-refractivity contribution in [3.05, 3.63) is 18.3 Å². The van der Waals surface area contributed by atoms with E-state index in [1.165, 1.54) is 0 Å². The average molecular weight is 302 g/mol. The minimum atomic E-state index is -0.406. The fourth-order valence-corrected chi connectivity index (χ4v) is 2.80. The molecule has 2 saturated heterocycles. The van der Waals surface area contributed by atoms with E-state index in [4.69, 9.17) is 0 Å². The number of hydrogen-bond acceptors (Lipinski definition) is 6. The number of hydrogen-bond donors (Lipinski definition) is 2. The van der Waals surface area contributed by atoms with E-state index in [1.54, 1.807) is 6.20 Å². The largest absolute Gasteiger partial charge is 0.372 e. The van der Waals surface area contributed by atoms with Crippen LogP contribution in [0, 0.1) is 5.92 Å². The molecule has 0 radical (unpaired) electrons. The third kappa shape index (κ3) is 3.08. The van der Waals surface area contributed by atoms with Gasteiger partial charge in [0, 0.05) is 25.4 Å². The molecule has 3 rings (SSSR count). The smallest absolute Gasteiger partial charge is 0.249 e. The predicted octanol–water partition coefficient (Wildman–Crippen LogP) is 0.324. The van der Waals surface area contributed by atoms with Crippen LogP contribution in [0.4, 0.5) is 11.5 Å². The number of piperidine rings is 1. The maximum Gasteiger partial charge on any atom is 0.249 e. The fraction of sp³-hybridized carbons (Fsp3) is 0.467. The second-order valence-corrected chi connectivity index (χ2v) is 5.68. The average Bonchev–Trinajstić information content (AvgIpc) is 3.00. The zero-order valence-electron chi connectivity index (χ0n) is 12.1. The summed E-state index contributed by atoms with van der Waals surface area (Å²) >= 11 is 0. The summed E-state index contributed by atoms with van der Waals surface area (Å²) in [5, 5.41) is 5.40. The van der Waals surface area contributed by atoms with Crippen molar-refractivity contribution >= 4 is 29.6 Å². The van der Waals surface area contributed by atoms with Gasteiger partial charge in [-0.05, 0) is 25.0 Å². The van der Waals surface area contributed by atoms with Crippen molar-refractivity contribution in [2.24, 2.45) is 5.92 Å². The van der Waals surface area contributed by atoms with Gasteiger partial charge in [-0.1, -0.05) is 0 Å². The molecular weight excluding hydrogens is 284 g/mol. The summed E-state index contributed by atoms with van der Waals surface area (Å²) in [5.41, 5.74) is 0.740. The van der Waals surface area contributed by atoms with Crippen molar-refractivity contribution in [2.45, 2.75) is 25.3 Å². The Morgan fingerprint density at radius 2 is 2.18 bits per heavy atom. The standard InChI is InChI=1S/C15H18N4O3/c20-9-10-5-6-19(8-10)13-3-1-11(7-16-13)17-12-2-4-14(21)18-15(12)22/h1,3,7,9-10,12,17H,2,4-6,8H2,(H,18,21,22). The molecule has 2 atom stereocenters. The van der Waals surface area contributed by atoms with Crippen LogP contribution >= 0.6 is 0 Å². The molecule has 2 fully saturated rings. The second kappa shape index (κ2) is 6.13. The van der Waals surface area contributed by atoms with Gasteiger partial charge >= 0.3 is 0 Å². The van der Waals surface area contributed by atoms with Crippen LogP contribution in [0.2, 0.25) is 0 Å². The summed E-state index contributed by atoms with van der Waals surface area (Å²) in [5.74, 6) is 0.394. The van der Waals surface area contributed by atoms with Crippen LogP contribution in [0.25, 0.3) is 0 Å². The monoisotopic (exact) mass is 302 g/mol. The van der Waals surface area contributed by atoms with Gasteiger partial charge in [0.05, 0.1) is 11.9 Å². The number of aldehydes is 1. The number of nitrogens with one attached hydrogen (secondary N) is 2. The van der Waals surface area contributed by atoms with Crippen molar-refractivity contribution in [3.8, 4) is 0 Å². The lowest BCUT2D eigenvalue weighted by molar-refractivity contribution is -0.133. The highest BCUT2D eigenvalue weighted by atomic mass is 16.2. The normalized spacial score (nSPS) is 25.0. The lowest BCUT2D eigenvalue weighted by Gasteiger charge is -2.23. The number of nitrogens with zero attached hydrogens (tertiary/aromatic N) is 2. The molecule has 2 unspecified atom stereocenters. The Labute approximate surface area is 128 Å². The van der Waals surface area contributed by atoms with Gasteiger partial charge in [-0.15, -0.1) is 0 Å². The summed E-state index contributed by atoms with van der Waals surface area (Å²) in [4.78, 5) is 40.1. The van der Waals surface area contributed by atoms with Crippen LogP contribution < -0.4 is 15.5 Å². The first-order chi connectivity index (χ1) is 10.7. The molecule has 7 nitrogen and oxygen atoms in total. The number of rotatable bonds is 4. The molecule has 0 saturated carbocycles. The number of amides is 2. The molecule has 0 aromatic carbocycles. The van der Waals surface area contributed by atoms with E-state index in [-0.39, 0.29) is 17.7 Å². The fourth-order valence-electron chi connectivity index (χ4n) is 2.80. The number of imide groups is 1. The molecule has 2 aliphatic rings. The van der Waals surface area contributed by atoms with Crippen molar-refractivity contribution in [1.82, 2.24) is 10.3 Å². The van der Waals surface area contributed by atoms with Crippen LogP contribution in [-0.4, -0.2) is 42.2 Å².